The van der Waals surface area contributed by atoms with Crippen LogP contribution in [0.2, 0.25) is 0 Å². The van der Waals surface area contributed by atoms with Crippen LogP contribution >= 0.6 is 0 Å². The molecule has 1 aromatic carbocycles. The molecule has 84 valence electrons. The summed E-state index contributed by atoms with van der Waals surface area (Å²) in [5.74, 6) is 0.596. The molecule has 0 N–H and O–H groups in total. The minimum Gasteiger partial charge on any atom is -0.379 e. The average Bonchev–Trinajstić information content (AvgIpc) is 2.24. The zero-order valence-electron chi connectivity index (χ0n) is 9.61. The van der Waals surface area contributed by atoms with Crippen LogP contribution in [0.1, 0.15) is 19.4 Å². The van der Waals surface area contributed by atoms with Crippen molar-refractivity contribution in [1.82, 2.24) is 0 Å². The topological polar surface area (TPSA) is 18.5 Å². The molecule has 0 aromatic heterocycles. The Kier molecular flexibility index (Phi) is 6.05. The van der Waals surface area contributed by atoms with Crippen LogP contribution < -0.4 is 0 Å². The lowest BCUT2D eigenvalue weighted by molar-refractivity contribution is 0.0314. The van der Waals surface area contributed by atoms with Crippen molar-refractivity contribution in [2.24, 2.45) is 5.92 Å². The molecule has 0 amide bonds. The van der Waals surface area contributed by atoms with E-state index in [2.05, 4.69) is 26.0 Å². The average molecular weight is 208 g/mol. The molecule has 15 heavy (non-hydrogen) atoms. The standard InChI is InChI=1S/C13H20O2/c1-12(2)10-14-8-9-15-11-13-6-4-3-5-7-13/h3-7,12H,8-11H2,1-2H3. The van der Waals surface area contributed by atoms with Crippen molar-refractivity contribution in [3.63, 3.8) is 0 Å². The van der Waals surface area contributed by atoms with Crippen LogP contribution in [-0.2, 0) is 16.1 Å². The predicted molar refractivity (Wildman–Crippen MR) is 61.8 cm³/mol. The summed E-state index contributed by atoms with van der Waals surface area (Å²) in [6.07, 6.45) is 0. The molecule has 0 aliphatic heterocycles. The first-order chi connectivity index (χ1) is 7.29. The van der Waals surface area contributed by atoms with Crippen LogP contribution in [0.5, 0.6) is 0 Å². The molecular formula is C13H20O2. The minimum absolute atomic E-state index is 0.596. The van der Waals surface area contributed by atoms with E-state index in [-0.39, 0.29) is 0 Å². The number of hydrogen-bond donors (Lipinski definition) is 0. The summed E-state index contributed by atoms with van der Waals surface area (Å²) < 4.78 is 10.9. The first-order valence-corrected chi connectivity index (χ1v) is 5.48. The smallest absolute Gasteiger partial charge is 0.0718 e. The van der Waals surface area contributed by atoms with Gasteiger partial charge in [0.25, 0.3) is 0 Å². The highest BCUT2D eigenvalue weighted by Gasteiger charge is 1.94. The highest BCUT2D eigenvalue weighted by Crippen LogP contribution is 2.00. The SMILES string of the molecule is CC(C)COCCOCc1ccccc1. The zero-order chi connectivity index (χ0) is 10.9. The van der Waals surface area contributed by atoms with Crippen LogP contribution in [0.15, 0.2) is 30.3 Å². The maximum Gasteiger partial charge on any atom is 0.0718 e. The summed E-state index contributed by atoms with van der Waals surface area (Å²) in [6.45, 7) is 7.13. The fourth-order valence-corrected chi connectivity index (χ4v) is 1.20. The van der Waals surface area contributed by atoms with Crippen molar-refractivity contribution in [3.05, 3.63) is 35.9 Å². The van der Waals surface area contributed by atoms with Crippen molar-refractivity contribution < 1.29 is 9.47 Å². The Bertz CT molecular complexity index is 244. The van der Waals surface area contributed by atoms with E-state index in [9.17, 15) is 0 Å². The molecule has 1 aromatic rings. The Morgan fingerprint density at radius 1 is 1.00 bits per heavy atom. The molecule has 0 fully saturated rings. The summed E-state index contributed by atoms with van der Waals surface area (Å²) in [7, 11) is 0. The molecule has 0 aliphatic carbocycles. The van der Waals surface area contributed by atoms with E-state index in [0.717, 1.165) is 6.61 Å². The third-order valence-electron chi connectivity index (χ3n) is 1.93. The van der Waals surface area contributed by atoms with Gasteiger partial charge in [0.05, 0.1) is 19.8 Å². The molecule has 0 saturated heterocycles. The van der Waals surface area contributed by atoms with Gasteiger partial charge in [0, 0.05) is 6.61 Å². The first kappa shape index (κ1) is 12.2. The van der Waals surface area contributed by atoms with E-state index in [1.807, 2.05) is 18.2 Å². The lowest BCUT2D eigenvalue weighted by atomic mass is 10.2. The van der Waals surface area contributed by atoms with Gasteiger partial charge >= 0.3 is 0 Å². The summed E-state index contributed by atoms with van der Waals surface area (Å²) in [6, 6.07) is 10.2. The van der Waals surface area contributed by atoms with E-state index >= 15 is 0 Å². The monoisotopic (exact) mass is 208 g/mol. The summed E-state index contributed by atoms with van der Waals surface area (Å²) in [5, 5.41) is 0. The maximum atomic E-state index is 5.48. The molecular weight excluding hydrogens is 188 g/mol. The largest absolute Gasteiger partial charge is 0.379 e. The van der Waals surface area contributed by atoms with Crippen LogP contribution in [0.3, 0.4) is 0 Å². The lowest BCUT2D eigenvalue weighted by Crippen LogP contribution is -2.08. The number of hydrogen-bond acceptors (Lipinski definition) is 2. The highest BCUT2D eigenvalue weighted by molar-refractivity contribution is 5.13. The van der Waals surface area contributed by atoms with Gasteiger partial charge in [-0.1, -0.05) is 44.2 Å². The molecule has 0 unspecified atom stereocenters. The van der Waals surface area contributed by atoms with Crippen LogP contribution in [0, 0.1) is 5.92 Å². The van der Waals surface area contributed by atoms with Crippen molar-refractivity contribution in [2.45, 2.75) is 20.5 Å². The normalized spacial score (nSPS) is 10.9. The van der Waals surface area contributed by atoms with Crippen molar-refractivity contribution in [2.75, 3.05) is 19.8 Å². The maximum absolute atomic E-state index is 5.48. The molecule has 2 nitrogen and oxygen atoms in total. The number of benzene rings is 1. The quantitative estimate of drug-likeness (QED) is 0.641. The highest BCUT2D eigenvalue weighted by atomic mass is 16.5. The molecule has 0 saturated carbocycles. The predicted octanol–water partition coefficient (Wildman–Crippen LogP) is 2.88. The van der Waals surface area contributed by atoms with Crippen molar-refractivity contribution in [3.8, 4) is 0 Å². The van der Waals surface area contributed by atoms with E-state index in [0.29, 0.717) is 25.7 Å². The summed E-state index contributed by atoms with van der Waals surface area (Å²) in [5.41, 5.74) is 1.21. The Hall–Kier alpha value is -0.860. The Morgan fingerprint density at radius 2 is 1.67 bits per heavy atom. The lowest BCUT2D eigenvalue weighted by Gasteiger charge is -2.07. The van der Waals surface area contributed by atoms with Gasteiger partial charge in [0.15, 0.2) is 0 Å². The minimum atomic E-state index is 0.596. The van der Waals surface area contributed by atoms with E-state index in [4.69, 9.17) is 9.47 Å². The third-order valence-corrected chi connectivity index (χ3v) is 1.93. The Balaban J connectivity index is 1.98. The van der Waals surface area contributed by atoms with Crippen molar-refractivity contribution >= 4 is 0 Å². The Morgan fingerprint density at radius 3 is 2.33 bits per heavy atom. The molecule has 0 aliphatic rings. The molecule has 0 atom stereocenters. The van der Waals surface area contributed by atoms with Gasteiger partial charge in [0.2, 0.25) is 0 Å². The van der Waals surface area contributed by atoms with Gasteiger partial charge in [-0.15, -0.1) is 0 Å². The zero-order valence-corrected chi connectivity index (χ0v) is 9.61. The summed E-state index contributed by atoms with van der Waals surface area (Å²) in [4.78, 5) is 0. The van der Waals surface area contributed by atoms with E-state index < -0.39 is 0 Å². The Labute approximate surface area is 92.2 Å². The molecule has 0 spiro atoms. The number of ether oxygens (including phenoxy) is 2. The second-order valence-corrected chi connectivity index (χ2v) is 4.01. The van der Waals surface area contributed by atoms with Gasteiger partial charge in [-0.3, -0.25) is 0 Å². The third kappa shape index (κ3) is 6.26. The van der Waals surface area contributed by atoms with Crippen LogP contribution in [0.25, 0.3) is 0 Å². The second-order valence-electron chi connectivity index (χ2n) is 4.01. The van der Waals surface area contributed by atoms with Gasteiger partial charge in [-0.25, -0.2) is 0 Å². The fourth-order valence-electron chi connectivity index (χ4n) is 1.20. The van der Waals surface area contributed by atoms with Crippen LogP contribution in [0.4, 0.5) is 0 Å². The number of rotatable bonds is 7. The first-order valence-electron chi connectivity index (χ1n) is 5.48. The molecule has 0 bridgehead atoms. The van der Waals surface area contributed by atoms with Crippen LogP contribution in [-0.4, -0.2) is 19.8 Å². The molecule has 0 heterocycles. The molecule has 0 radical (unpaired) electrons. The van der Waals surface area contributed by atoms with Gasteiger partial charge in [0.1, 0.15) is 0 Å². The molecule has 1 rings (SSSR count). The molecule has 2 heteroatoms. The fraction of sp³-hybridized carbons (Fsp3) is 0.538. The van der Waals surface area contributed by atoms with Gasteiger partial charge < -0.3 is 9.47 Å². The van der Waals surface area contributed by atoms with Crippen molar-refractivity contribution in [1.29, 1.82) is 0 Å². The second kappa shape index (κ2) is 7.43. The summed E-state index contributed by atoms with van der Waals surface area (Å²) >= 11 is 0. The van der Waals surface area contributed by atoms with E-state index in [1.54, 1.807) is 0 Å². The van der Waals surface area contributed by atoms with E-state index in [1.165, 1.54) is 5.56 Å². The van der Waals surface area contributed by atoms with Gasteiger partial charge in [-0.2, -0.15) is 0 Å². The van der Waals surface area contributed by atoms with Gasteiger partial charge in [-0.05, 0) is 11.5 Å².